The smallest absolute Gasteiger partial charge is 0.314 e. The van der Waals surface area contributed by atoms with E-state index in [1.165, 1.54) is 0 Å². The fourth-order valence-corrected chi connectivity index (χ4v) is 2.36. The summed E-state index contributed by atoms with van der Waals surface area (Å²) in [6.45, 7) is 9.53. The van der Waals surface area contributed by atoms with Crippen molar-refractivity contribution in [2.24, 2.45) is 17.8 Å². The summed E-state index contributed by atoms with van der Waals surface area (Å²) < 4.78 is 10.4. The normalized spacial score (nSPS) is 14.9. The van der Waals surface area contributed by atoms with Gasteiger partial charge in [-0.05, 0) is 36.3 Å². The van der Waals surface area contributed by atoms with Crippen LogP contribution in [0.1, 0.15) is 40.5 Å². The molecule has 0 saturated carbocycles. The highest BCUT2D eigenvalue weighted by Gasteiger charge is 2.12. The quantitative estimate of drug-likeness (QED) is 0.204. The molecule has 0 unspecified atom stereocenters. The third-order valence-electron chi connectivity index (χ3n) is 2.95. The Morgan fingerprint density at radius 1 is 1.14 bits per heavy atom. The first kappa shape index (κ1) is 20.4. The van der Waals surface area contributed by atoms with Crippen LogP contribution in [0.25, 0.3) is 0 Å². The number of methoxy groups -OCH3 is 1. The van der Waals surface area contributed by atoms with Crippen LogP contribution in [0.5, 0.6) is 0 Å². The Morgan fingerprint density at radius 3 is 2.24 bits per heavy atom. The van der Waals surface area contributed by atoms with E-state index in [-0.39, 0.29) is 6.04 Å². The van der Waals surface area contributed by atoms with Crippen molar-refractivity contribution in [3.05, 3.63) is 12.2 Å². The second-order valence-electron chi connectivity index (χ2n) is 6.21. The van der Waals surface area contributed by atoms with Crippen molar-refractivity contribution >= 4 is 17.0 Å². The number of hydrogen-bond donors (Lipinski definition) is 1. The van der Waals surface area contributed by atoms with Crippen molar-refractivity contribution in [3.63, 3.8) is 0 Å². The SMILES string of the molecule is COCOC[C@H](/C=C/[C@@H](CC(C)C)NC(=O)Cl)CC(C)C. The Balaban J connectivity index is 4.59. The minimum absolute atomic E-state index is 0.0351. The van der Waals surface area contributed by atoms with Gasteiger partial charge in [-0.1, -0.05) is 39.8 Å². The summed E-state index contributed by atoms with van der Waals surface area (Å²) in [5, 5.41) is 2.25. The molecule has 0 heterocycles. The predicted octanol–water partition coefficient (Wildman–Crippen LogP) is 4.19. The third kappa shape index (κ3) is 12.8. The van der Waals surface area contributed by atoms with Crippen LogP contribution in [-0.2, 0) is 9.47 Å². The molecule has 0 bridgehead atoms. The molecular weight excluding hydrogens is 290 g/mol. The third-order valence-corrected chi connectivity index (χ3v) is 3.06. The second-order valence-corrected chi connectivity index (χ2v) is 6.55. The van der Waals surface area contributed by atoms with Gasteiger partial charge in [0.05, 0.1) is 6.61 Å². The summed E-state index contributed by atoms with van der Waals surface area (Å²) in [5.41, 5.74) is 0. The van der Waals surface area contributed by atoms with Gasteiger partial charge in [-0.3, -0.25) is 4.79 Å². The molecule has 0 aromatic heterocycles. The molecule has 1 amide bonds. The van der Waals surface area contributed by atoms with E-state index in [0.717, 1.165) is 12.8 Å². The maximum atomic E-state index is 11.0. The van der Waals surface area contributed by atoms with Crippen molar-refractivity contribution in [3.8, 4) is 0 Å². The molecular formula is C16H30ClNO3. The van der Waals surface area contributed by atoms with Gasteiger partial charge in [0.15, 0.2) is 0 Å². The van der Waals surface area contributed by atoms with Crippen LogP contribution in [0, 0.1) is 17.8 Å². The number of amides is 1. The van der Waals surface area contributed by atoms with Crippen LogP contribution in [-0.4, -0.2) is 31.9 Å². The van der Waals surface area contributed by atoms with E-state index in [1.807, 2.05) is 6.08 Å². The first-order valence-corrected chi connectivity index (χ1v) is 7.93. The average Bonchev–Trinajstić information content (AvgIpc) is 2.33. The van der Waals surface area contributed by atoms with Crippen molar-refractivity contribution in [2.75, 3.05) is 20.5 Å². The number of carbonyl (C=O) groups is 1. The molecule has 0 aromatic carbocycles. The molecule has 4 nitrogen and oxygen atoms in total. The first-order chi connectivity index (χ1) is 9.85. The number of halogens is 1. The zero-order chi connectivity index (χ0) is 16.3. The van der Waals surface area contributed by atoms with E-state index in [0.29, 0.717) is 31.2 Å². The molecule has 0 radical (unpaired) electrons. The fourth-order valence-electron chi connectivity index (χ4n) is 2.22. The van der Waals surface area contributed by atoms with Crippen LogP contribution in [0.4, 0.5) is 4.79 Å². The number of hydrogen-bond acceptors (Lipinski definition) is 3. The Kier molecular flexibility index (Phi) is 11.7. The van der Waals surface area contributed by atoms with Crippen molar-refractivity contribution in [2.45, 2.75) is 46.6 Å². The lowest BCUT2D eigenvalue weighted by Crippen LogP contribution is -2.30. The van der Waals surface area contributed by atoms with Gasteiger partial charge in [-0.25, -0.2) is 0 Å². The Hall–Kier alpha value is -0.580. The number of rotatable bonds is 11. The summed E-state index contributed by atoms with van der Waals surface area (Å²) in [4.78, 5) is 11.0. The molecule has 0 aliphatic carbocycles. The van der Waals surface area contributed by atoms with Crippen LogP contribution in [0.3, 0.4) is 0 Å². The number of nitrogens with one attached hydrogen (secondary N) is 1. The van der Waals surface area contributed by atoms with E-state index in [1.54, 1.807) is 7.11 Å². The minimum atomic E-state index is -0.513. The molecule has 0 spiro atoms. The second kappa shape index (κ2) is 12.0. The minimum Gasteiger partial charge on any atom is -0.359 e. The van der Waals surface area contributed by atoms with E-state index in [9.17, 15) is 4.79 Å². The molecule has 21 heavy (non-hydrogen) atoms. The zero-order valence-corrected chi connectivity index (χ0v) is 14.7. The van der Waals surface area contributed by atoms with Gasteiger partial charge >= 0.3 is 5.37 Å². The fraction of sp³-hybridized carbons (Fsp3) is 0.812. The van der Waals surface area contributed by atoms with Crippen LogP contribution < -0.4 is 5.32 Å². The molecule has 2 atom stereocenters. The first-order valence-electron chi connectivity index (χ1n) is 7.56. The lowest BCUT2D eigenvalue weighted by atomic mass is 9.95. The molecule has 0 fully saturated rings. The van der Waals surface area contributed by atoms with Crippen LogP contribution >= 0.6 is 11.6 Å². The van der Waals surface area contributed by atoms with E-state index in [4.69, 9.17) is 21.1 Å². The van der Waals surface area contributed by atoms with Crippen molar-refractivity contribution in [1.29, 1.82) is 0 Å². The lowest BCUT2D eigenvalue weighted by molar-refractivity contribution is -0.0402. The van der Waals surface area contributed by atoms with Crippen molar-refractivity contribution in [1.82, 2.24) is 5.32 Å². The van der Waals surface area contributed by atoms with Crippen molar-refractivity contribution < 1.29 is 14.3 Å². The van der Waals surface area contributed by atoms with Gasteiger partial charge in [0.2, 0.25) is 0 Å². The topological polar surface area (TPSA) is 47.6 Å². The molecule has 0 aliphatic rings. The summed E-state index contributed by atoms with van der Waals surface area (Å²) in [6, 6.07) is -0.0351. The van der Waals surface area contributed by atoms with Gasteiger partial charge in [0.1, 0.15) is 6.79 Å². The van der Waals surface area contributed by atoms with Crippen LogP contribution in [0.2, 0.25) is 0 Å². The zero-order valence-electron chi connectivity index (χ0n) is 13.9. The molecule has 1 N–H and O–H groups in total. The molecule has 0 saturated heterocycles. The summed E-state index contributed by atoms with van der Waals surface area (Å²) in [5.74, 6) is 1.37. The van der Waals surface area contributed by atoms with Gasteiger partial charge in [-0.2, -0.15) is 0 Å². The molecule has 124 valence electrons. The van der Waals surface area contributed by atoms with Gasteiger partial charge in [0, 0.05) is 19.1 Å². The maximum absolute atomic E-state index is 11.0. The largest absolute Gasteiger partial charge is 0.359 e. The van der Waals surface area contributed by atoms with E-state index in [2.05, 4.69) is 39.1 Å². The van der Waals surface area contributed by atoms with Gasteiger partial charge in [0.25, 0.3) is 0 Å². The molecule has 0 rings (SSSR count). The highest BCUT2D eigenvalue weighted by Crippen LogP contribution is 2.15. The molecule has 0 aliphatic heterocycles. The Morgan fingerprint density at radius 2 is 1.76 bits per heavy atom. The Labute approximate surface area is 134 Å². The van der Waals surface area contributed by atoms with Crippen LogP contribution in [0.15, 0.2) is 12.2 Å². The highest BCUT2D eigenvalue weighted by atomic mass is 35.5. The number of ether oxygens (including phenoxy) is 2. The predicted molar refractivity (Wildman–Crippen MR) is 87.5 cm³/mol. The van der Waals surface area contributed by atoms with Gasteiger partial charge in [-0.15, -0.1) is 0 Å². The molecule has 5 heteroatoms. The molecule has 0 aromatic rings. The van der Waals surface area contributed by atoms with E-state index >= 15 is 0 Å². The number of carbonyl (C=O) groups excluding carboxylic acids is 1. The van der Waals surface area contributed by atoms with Gasteiger partial charge < -0.3 is 14.8 Å². The summed E-state index contributed by atoms with van der Waals surface area (Å²) in [7, 11) is 1.61. The monoisotopic (exact) mass is 319 g/mol. The highest BCUT2D eigenvalue weighted by molar-refractivity contribution is 6.63. The average molecular weight is 320 g/mol. The van der Waals surface area contributed by atoms with E-state index < -0.39 is 5.37 Å². The standard InChI is InChI=1S/C16H30ClNO3/c1-12(2)8-14(10-21-11-20-5)6-7-15(9-13(3)4)18-16(17)19/h6-7,12-15H,8-11H2,1-5H3,(H,18,19)/b7-6+/t14-,15+/m1/s1. The summed E-state index contributed by atoms with van der Waals surface area (Å²) in [6.07, 6.45) is 6.05. The maximum Gasteiger partial charge on any atom is 0.314 e. The Bertz CT molecular complexity index is 306. The lowest BCUT2D eigenvalue weighted by Gasteiger charge is -2.19. The summed E-state index contributed by atoms with van der Waals surface area (Å²) >= 11 is 5.43.